The molecule has 0 radical (unpaired) electrons. The smallest absolute Gasteiger partial charge is 0.139 e. The van der Waals surface area contributed by atoms with E-state index in [0.717, 1.165) is 51.4 Å². The minimum Gasteiger partial charge on any atom is -0.390 e. The van der Waals surface area contributed by atoms with E-state index < -0.39 is 12.2 Å². The Morgan fingerprint density at radius 2 is 1.68 bits per heavy atom. The van der Waals surface area contributed by atoms with Crippen molar-refractivity contribution < 1.29 is 15.0 Å². The topological polar surface area (TPSA) is 57.5 Å². The Morgan fingerprint density at radius 3 is 2.45 bits per heavy atom. The number of rotatable bonds is 0. The Balaban J connectivity index is 1.65. The van der Waals surface area contributed by atoms with Crippen LogP contribution in [0.4, 0.5) is 0 Å². The molecule has 0 aromatic rings. The highest BCUT2D eigenvalue weighted by molar-refractivity contribution is 5.87. The second-order valence-electron chi connectivity index (χ2n) is 9.08. The number of Topliss-reactive ketones (excluding diaryl/α,β-unsaturated/α-hetero) is 1. The lowest BCUT2D eigenvalue weighted by Crippen LogP contribution is -2.58. The molecule has 3 unspecified atom stereocenters. The van der Waals surface area contributed by atoms with Crippen LogP contribution < -0.4 is 0 Å². The standard InChI is InChI=1S/C19H30O3/c1-18-10-8-15(20)17(22)14(18)4-3-11-12-5-6-16(21)19(12,2)9-7-13(11)18/h11-15,17,20,22H,3-10H2,1-2H3/t11?,12?,13?,14-,15+,17+,18+,19-/m0/s1. The summed E-state index contributed by atoms with van der Waals surface area (Å²) in [5, 5.41) is 20.6. The summed E-state index contributed by atoms with van der Waals surface area (Å²) in [5.74, 6) is 2.62. The van der Waals surface area contributed by atoms with Crippen LogP contribution in [-0.2, 0) is 4.79 Å². The molecular formula is C19H30O3. The van der Waals surface area contributed by atoms with E-state index in [1.165, 1.54) is 0 Å². The number of hydrogen-bond acceptors (Lipinski definition) is 3. The van der Waals surface area contributed by atoms with Crippen molar-refractivity contribution >= 4 is 5.78 Å². The van der Waals surface area contributed by atoms with Crippen LogP contribution in [0.1, 0.15) is 65.2 Å². The first-order chi connectivity index (χ1) is 10.4. The van der Waals surface area contributed by atoms with Gasteiger partial charge in [-0.3, -0.25) is 4.79 Å². The molecular weight excluding hydrogens is 276 g/mol. The number of fused-ring (bicyclic) bond motifs is 5. The molecule has 22 heavy (non-hydrogen) atoms. The highest BCUT2D eigenvalue weighted by Crippen LogP contribution is 2.65. The molecule has 0 aromatic carbocycles. The van der Waals surface area contributed by atoms with Gasteiger partial charge in [0, 0.05) is 11.8 Å². The maximum Gasteiger partial charge on any atom is 0.139 e. The van der Waals surface area contributed by atoms with Gasteiger partial charge in [-0.1, -0.05) is 13.8 Å². The second-order valence-corrected chi connectivity index (χ2v) is 9.08. The second kappa shape index (κ2) is 4.80. The molecule has 3 nitrogen and oxygen atoms in total. The number of hydrogen-bond donors (Lipinski definition) is 2. The zero-order valence-electron chi connectivity index (χ0n) is 13.9. The van der Waals surface area contributed by atoms with Crippen LogP contribution in [0.2, 0.25) is 0 Å². The van der Waals surface area contributed by atoms with Crippen LogP contribution >= 0.6 is 0 Å². The normalized spacial score (nSPS) is 57.9. The Labute approximate surface area is 133 Å². The van der Waals surface area contributed by atoms with E-state index in [1.807, 2.05) is 0 Å². The number of aliphatic hydroxyl groups excluding tert-OH is 2. The van der Waals surface area contributed by atoms with Crippen molar-refractivity contribution in [3.05, 3.63) is 0 Å². The maximum absolute atomic E-state index is 12.4. The lowest BCUT2D eigenvalue weighted by atomic mass is 9.45. The summed E-state index contributed by atoms with van der Waals surface area (Å²) in [6, 6.07) is 0. The minimum absolute atomic E-state index is 0.0584. The zero-order valence-corrected chi connectivity index (χ0v) is 13.9. The number of carbonyl (C=O) groups is 1. The van der Waals surface area contributed by atoms with E-state index in [0.29, 0.717) is 23.5 Å². The molecule has 124 valence electrons. The number of carbonyl (C=O) groups excluding carboxylic acids is 1. The van der Waals surface area contributed by atoms with Gasteiger partial charge in [0.15, 0.2) is 0 Å². The molecule has 0 spiro atoms. The van der Waals surface area contributed by atoms with Crippen molar-refractivity contribution in [1.82, 2.24) is 0 Å². The molecule has 3 heteroatoms. The summed E-state index contributed by atoms with van der Waals surface area (Å²) in [6.07, 6.45) is 6.91. The van der Waals surface area contributed by atoms with Gasteiger partial charge in [0.05, 0.1) is 12.2 Å². The average Bonchev–Trinajstić information content (AvgIpc) is 2.79. The van der Waals surface area contributed by atoms with Crippen LogP contribution in [0.25, 0.3) is 0 Å². The molecule has 0 heterocycles. The molecule has 4 saturated carbocycles. The van der Waals surface area contributed by atoms with Gasteiger partial charge < -0.3 is 10.2 Å². The Hall–Kier alpha value is -0.410. The molecule has 0 saturated heterocycles. The Kier molecular flexibility index (Phi) is 3.30. The summed E-state index contributed by atoms with van der Waals surface area (Å²) in [7, 11) is 0. The van der Waals surface area contributed by atoms with Crippen LogP contribution in [-0.4, -0.2) is 28.2 Å². The minimum atomic E-state index is -0.543. The highest BCUT2D eigenvalue weighted by atomic mass is 16.3. The van der Waals surface area contributed by atoms with Crippen LogP contribution in [0, 0.1) is 34.5 Å². The van der Waals surface area contributed by atoms with Crippen molar-refractivity contribution in [3.8, 4) is 0 Å². The van der Waals surface area contributed by atoms with Crippen molar-refractivity contribution in [2.75, 3.05) is 0 Å². The SMILES string of the molecule is C[C@]12CCC3C(CC[C@H]4[C@@H](O)[C@H](O)CC[C@]34C)C1CCC2=O. The largest absolute Gasteiger partial charge is 0.390 e. The van der Waals surface area contributed by atoms with E-state index in [4.69, 9.17) is 0 Å². The molecule has 0 aliphatic heterocycles. The first-order valence-electron chi connectivity index (χ1n) is 9.27. The molecule has 4 fully saturated rings. The van der Waals surface area contributed by atoms with E-state index in [1.54, 1.807) is 0 Å². The van der Waals surface area contributed by atoms with Gasteiger partial charge in [-0.05, 0) is 74.0 Å². The van der Waals surface area contributed by atoms with Crippen molar-refractivity contribution in [2.24, 2.45) is 34.5 Å². The first-order valence-corrected chi connectivity index (χ1v) is 9.27. The zero-order chi connectivity index (χ0) is 15.7. The Morgan fingerprint density at radius 1 is 0.909 bits per heavy atom. The molecule has 0 amide bonds. The van der Waals surface area contributed by atoms with Gasteiger partial charge in [0.2, 0.25) is 0 Å². The predicted molar refractivity (Wildman–Crippen MR) is 84.1 cm³/mol. The van der Waals surface area contributed by atoms with Crippen LogP contribution in [0.3, 0.4) is 0 Å². The Bertz CT molecular complexity index is 489. The van der Waals surface area contributed by atoms with Crippen molar-refractivity contribution in [3.63, 3.8) is 0 Å². The van der Waals surface area contributed by atoms with Gasteiger partial charge in [-0.25, -0.2) is 0 Å². The summed E-state index contributed by atoms with van der Waals surface area (Å²) < 4.78 is 0. The summed E-state index contributed by atoms with van der Waals surface area (Å²) >= 11 is 0. The summed E-state index contributed by atoms with van der Waals surface area (Å²) in [6.45, 7) is 4.58. The van der Waals surface area contributed by atoms with Crippen molar-refractivity contribution in [2.45, 2.75) is 77.4 Å². The molecule has 0 aromatic heterocycles. The summed E-state index contributed by atoms with van der Waals surface area (Å²) in [5.41, 5.74) is 0.103. The maximum atomic E-state index is 12.4. The fourth-order valence-corrected chi connectivity index (χ4v) is 7.09. The lowest BCUT2D eigenvalue weighted by molar-refractivity contribution is -0.173. The van der Waals surface area contributed by atoms with Crippen LogP contribution in [0.5, 0.6) is 0 Å². The van der Waals surface area contributed by atoms with Gasteiger partial charge in [0.1, 0.15) is 5.78 Å². The predicted octanol–water partition coefficient (Wildman–Crippen LogP) is 2.93. The molecule has 0 bridgehead atoms. The third-order valence-electron chi connectivity index (χ3n) is 8.44. The first kappa shape index (κ1) is 15.1. The molecule has 4 aliphatic rings. The van der Waals surface area contributed by atoms with E-state index >= 15 is 0 Å². The summed E-state index contributed by atoms with van der Waals surface area (Å²) in [4.78, 5) is 12.4. The monoisotopic (exact) mass is 306 g/mol. The third-order valence-corrected chi connectivity index (χ3v) is 8.44. The van der Waals surface area contributed by atoms with E-state index in [-0.39, 0.29) is 16.7 Å². The lowest BCUT2D eigenvalue weighted by Gasteiger charge is -2.61. The van der Waals surface area contributed by atoms with Crippen molar-refractivity contribution in [1.29, 1.82) is 0 Å². The fraction of sp³-hybridized carbons (Fsp3) is 0.947. The van der Waals surface area contributed by atoms with Crippen LogP contribution in [0.15, 0.2) is 0 Å². The number of ketones is 1. The molecule has 2 N–H and O–H groups in total. The average molecular weight is 306 g/mol. The quantitative estimate of drug-likeness (QED) is 0.723. The third kappa shape index (κ3) is 1.78. The van der Waals surface area contributed by atoms with Gasteiger partial charge in [-0.2, -0.15) is 0 Å². The molecule has 4 aliphatic carbocycles. The van der Waals surface area contributed by atoms with E-state index in [2.05, 4.69) is 13.8 Å². The fourth-order valence-electron chi connectivity index (χ4n) is 7.09. The van der Waals surface area contributed by atoms with Gasteiger partial charge >= 0.3 is 0 Å². The van der Waals surface area contributed by atoms with E-state index in [9.17, 15) is 15.0 Å². The molecule has 4 rings (SSSR count). The van der Waals surface area contributed by atoms with Gasteiger partial charge in [-0.15, -0.1) is 0 Å². The van der Waals surface area contributed by atoms with Gasteiger partial charge in [0.25, 0.3) is 0 Å². The highest BCUT2D eigenvalue weighted by Gasteiger charge is 2.61. The number of aliphatic hydroxyl groups is 2. The molecule has 8 atom stereocenters.